The third-order valence-electron chi connectivity index (χ3n) is 3.70. The minimum atomic E-state index is -0.101. The molecule has 0 bridgehead atoms. The van der Waals surface area contributed by atoms with Crippen LogP contribution in [0.3, 0.4) is 0 Å². The Labute approximate surface area is 130 Å². The maximum atomic E-state index is 12.2. The summed E-state index contributed by atoms with van der Waals surface area (Å²) in [4.78, 5) is 26.9. The van der Waals surface area contributed by atoms with E-state index in [2.05, 4.69) is 36.3 Å². The lowest BCUT2D eigenvalue weighted by Gasteiger charge is -2.09. The van der Waals surface area contributed by atoms with E-state index in [1.54, 1.807) is 0 Å². The highest BCUT2D eigenvalue weighted by molar-refractivity contribution is 5.83. The molecule has 0 aliphatic rings. The summed E-state index contributed by atoms with van der Waals surface area (Å²) in [6.07, 6.45) is 0.800. The Morgan fingerprint density at radius 3 is 2.64 bits per heavy atom. The molecule has 0 saturated heterocycles. The Bertz CT molecular complexity index is 745. The minimum Gasteiger partial charge on any atom is -0.356 e. The first kappa shape index (κ1) is 16.3. The van der Waals surface area contributed by atoms with Crippen LogP contribution in [0.4, 0.5) is 0 Å². The van der Waals surface area contributed by atoms with Gasteiger partial charge in [0.15, 0.2) is 0 Å². The molecule has 0 fully saturated rings. The molecule has 2 rings (SSSR count). The van der Waals surface area contributed by atoms with Gasteiger partial charge in [-0.1, -0.05) is 25.5 Å². The number of carbonyl (C=O) groups excluding carboxylic acids is 1. The van der Waals surface area contributed by atoms with Crippen LogP contribution in [0.5, 0.6) is 0 Å². The first-order valence-corrected chi connectivity index (χ1v) is 7.76. The molecule has 0 saturated carbocycles. The Kier molecular flexibility index (Phi) is 5.01. The number of aromatic amines is 1. The van der Waals surface area contributed by atoms with Crippen molar-refractivity contribution in [3.8, 4) is 0 Å². The van der Waals surface area contributed by atoms with Gasteiger partial charge in [0.25, 0.3) is 5.56 Å². The van der Waals surface area contributed by atoms with E-state index in [0.29, 0.717) is 30.9 Å². The molecule has 1 aromatic heterocycles. The molecule has 1 amide bonds. The number of carbonyl (C=O) groups is 1. The Balaban J connectivity index is 2.16. The summed E-state index contributed by atoms with van der Waals surface area (Å²) >= 11 is 0. The smallest absolute Gasteiger partial charge is 0.251 e. The molecular weight excluding hydrogens is 276 g/mol. The number of amides is 1. The highest BCUT2D eigenvalue weighted by Crippen LogP contribution is 2.18. The van der Waals surface area contributed by atoms with Crippen molar-refractivity contribution in [2.24, 2.45) is 5.92 Å². The van der Waals surface area contributed by atoms with Crippen molar-refractivity contribution in [3.05, 3.63) is 45.2 Å². The second-order valence-corrected chi connectivity index (χ2v) is 6.37. The van der Waals surface area contributed by atoms with Crippen LogP contribution >= 0.6 is 0 Å². The molecule has 118 valence electrons. The van der Waals surface area contributed by atoms with Gasteiger partial charge in [-0.05, 0) is 49.3 Å². The number of benzene rings is 1. The standard InChI is InChI=1S/C18H24N2O2/c1-11(2)10-19-16(21)6-5-14-9-15-8-12(3)7-13(4)17(15)20-18(14)22/h7-9,11H,5-6,10H2,1-4H3,(H,19,21)(H,20,22). The maximum absolute atomic E-state index is 12.2. The predicted molar refractivity (Wildman–Crippen MR) is 90.2 cm³/mol. The van der Waals surface area contributed by atoms with Gasteiger partial charge in [0.2, 0.25) is 5.91 Å². The number of rotatable bonds is 5. The van der Waals surface area contributed by atoms with Crippen molar-refractivity contribution >= 4 is 16.8 Å². The van der Waals surface area contributed by atoms with Crippen LogP contribution in [-0.2, 0) is 11.2 Å². The average molecular weight is 300 g/mol. The number of aryl methyl sites for hydroxylation is 3. The summed E-state index contributed by atoms with van der Waals surface area (Å²) in [7, 11) is 0. The highest BCUT2D eigenvalue weighted by atomic mass is 16.1. The van der Waals surface area contributed by atoms with Gasteiger partial charge >= 0.3 is 0 Å². The summed E-state index contributed by atoms with van der Waals surface area (Å²) in [6.45, 7) is 8.81. The summed E-state index contributed by atoms with van der Waals surface area (Å²) in [6, 6.07) is 6.02. The number of hydrogen-bond donors (Lipinski definition) is 2. The van der Waals surface area contributed by atoms with E-state index in [1.807, 2.05) is 19.9 Å². The minimum absolute atomic E-state index is 0.00591. The van der Waals surface area contributed by atoms with Gasteiger partial charge in [0.05, 0.1) is 5.52 Å². The van der Waals surface area contributed by atoms with Crippen molar-refractivity contribution < 1.29 is 4.79 Å². The van der Waals surface area contributed by atoms with Crippen molar-refractivity contribution in [1.82, 2.24) is 10.3 Å². The summed E-state index contributed by atoms with van der Waals surface area (Å²) < 4.78 is 0. The number of pyridine rings is 1. The lowest BCUT2D eigenvalue weighted by atomic mass is 10.0. The third-order valence-corrected chi connectivity index (χ3v) is 3.70. The molecule has 0 atom stereocenters. The van der Waals surface area contributed by atoms with E-state index >= 15 is 0 Å². The molecule has 1 heterocycles. The number of nitrogens with one attached hydrogen (secondary N) is 2. The number of fused-ring (bicyclic) bond motifs is 1. The molecule has 22 heavy (non-hydrogen) atoms. The maximum Gasteiger partial charge on any atom is 0.251 e. The number of H-pyrrole nitrogens is 1. The molecule has 0 aliphatic carbocycles. The Morgan fingerprint density at radius 1 is 1.23 bits per heavy atom. The van der Waals surface area contributed by atoms with Gasteiger partial charge in [-0.2, -0.15) is 0 Å². The fourth-order valence-corrected chi connectivity index (χ4v) is 2.57. The van der Waals surface area contributed by atoms with Crippen molar-refractivity contribution in [2.45, 2.75) is 40.5 Å². The van der Waals surface area contributed by atoms with Crippen molar-refractivity contribution in [1.29, 1.82) is 0 Å². The van der Waals surface area contributed by atoms with Crippen molar-refractivity contribution in [2.75, 3.05) is 6.54 Å². The van der Waals surface area contributed by atoms with E-state index in [9.17, 15) is 9.59 Å². The van der Waals surface area contributed by atoms with Gasteiger partial charge in [-0.15, -0.1) is 0 Å². The third kappa shape index (κ3) is 3.97. The first-order valence-electron chi connectivity index (χ1n) is 7.76. The summed E-state index contributed by atoms with van der Waals surface area (Å²) in [5, 5.41) is 3.90. The second-order valence-electron chi connectivity index (χ2n) is 6.37. The molecule has 0 spiro atoms. The van der Waals surface area contributed by atoms with E-state index in [-0.39, 0.29) is 11.5 Å². The average Bonchev–Trinajstić information content (AvgIpc) is 2.43. The summed E-state index contributed by atoms with van der Waals surface area (Å²) in [5.74, 6) is 0.424. The predicted octanol–water partition coefficient (Wildman–Crippen LogP) is 2.85. The SMILES string of the molecule is Cc1cc(C)c2[nH]c(=O)c(CCC(=O)NCC(C)C)cc2c1. The molecule has 0 radical (unpaired) electrons. The Hall–Kier alpha value is -2.10. The zero-order valence-electron chi connectivity index (χ0n) is 13.7. The Morgan fingerprint density at radius 2 is 1.95 bits per heavy atom. The van der Waals surface area contributed by atoms with Crippen LogP contribution in [0, 0.1) is 19.8 Å². The van der Waals surface area contributed by atoms with Crippen LogP contribution in [-0.4, -0.2) is 17.4 Å². The zero-order chi connectivity index (χ0) is 16.3. The van der Waals surface area contributed by atoms with Crippen LogP contribution in [0.25, 0.3) is 10.9 Å². The fraction of sp³-hybridized carbons (Fsp3) is 0.444. The number of aromatic nitrogens is 1. The van der Waals surface area contributed by atoms with Crippen LogP contribution in [0.1, 0.15) is 37.0 Å². The molecule has 2 aromatic rings. The van der Waals surface area contributed by atoms with Crippen LogP contribution < -0.4 is 10.9 Å². The quantitative estimate of drug-likeness (QED) is 0.892. The lowest BCUT2D eigenvalue weighted by Crippen LogP contribution is -2.28. The van der Waals surface area contributed by atoms with Crippen LogP contribution in [0.2, 0.25) is 0 Å². The molecule has 2 N–H and O–H groups in total. The highest BCUT2D eigenvalue weighted by Gasteiger charge is 2.08. The van der Waals surface area contributed by atoms with E-state index in [4.69, 9.17) is 0 Å². The first-order chi connectivity index (χ1) is 10.4. The van der Waals surface area contributed by atoms with Gasteiger partial charge in [0, 0.05) is 18.5 Å². The molecule has 4 nitrogen and oxygen atoms in total. The van der Waals surface area contributed by atoms with E-state index in [0.717, 1.165) is 22.0 Å². The molecule has 0 unspecified atom stereocenters. The second kappa shape index (κ2) is 6.77. The number of hydrogen-bond acceptors (Lipinski definition) is 2. The summed E-state index contributed by atoms with van der Waals surface area (Å²) in [5.41, 5.74) is 3.67. The van der Waals surface area contributed by atoms with E-state index < -0.39 is 0 Å². The molecule has 1 aromatic carbocycles. The topological polar surface area (TPSA) is 62.0 Å². The lowest BCUT2D eigenvalue weighted by molar-refractivity contribution is -0.121. The largest absolute Gasteiger partial charge is 0.356 e. The molecule has 4 heteroatoms. The molecular formula is C18H24N2O2. The van der Waals surface area contributed by atoms with E-state index in [1.165, 1.54) is 0 Å². The fourth-order valence-electron chi connectivity index (χ4n) is 2.57. The van der Waals surface area contributed by atoms with Crippen molar-refractivity contribution in [3.63, 3.8) is 0 Å². The van der Waals surface area contributed by atoms with Crippen LogP contribution in [0.15, 0.2) is 23.0 Å². The van der Waals surface area contributed by atoms with Gasteiger partial charge in [-0.25, -0.2) is 0 Å². The van der Waals surface area contributed by atoms with Gasteiger partial charge < -0.3 is 10.3 Å². The normalized spacial score (nSPS) is 11.1. The van der Waals surface area contributed by atoms with Gasteiger partial charge in [-0.3, -0.25) is 9.59 Å². The molecule has 0 aliphatic heterocycles. The van der Waals surface area contributed by atoms with Gasteiger partial charge in [0.1, 0.15) is 0 Å². The monoisotopic (exact) mass is 300 g/mol. The zero-order valence-corrected chi connectivity index (χ0v) is 13.7.